The van der Waals surface area contributed by atoms with Crippen molar-refractivity contribution in [2.45, 2.75) is 51.3 Å². The number of anilines is 1. The summed E-state index contributed by atoms with van der Waals surface area (Å²) in [5, 5.41) is 22.1. The molecule has 4 N–H and O–H groups in total. The van der Waals surface area contributed by atoms with E-state index in [1.807, 2.05) is 7.05 Å². The number of alkyl halides is 2. The van der Waals surface area contributed by atoms with E-state index in [9.17, 15) is 13.6 Å². The van der Waals surface area contributed by atoms with Crippen LogP contribution < -0.4 is 20.7 Å². The molecule has 3 atom stereocenters. The summed E-state index contributed by atoms with van der Waals surface area (Å²) < 4.78 is 32.8. The Morgan fingerprint density at radius 1 is 1.33 bits per heavy atom. The van der Waals surface area contributed by atoms with Crippen molar-refractivity contribution in [3.8, 4) is 17.0 Å². The normalized spacial score (nSPS) is 19.2. The third-order valence-corrected chi connectivity index (χ3v) is 6.53. The van der Waals surface area contributed by atoms with Gasteiger partial charge in [-0.3, -0.25) is 14.5 Å². The van der Waals surface area contributed by atoms with Crippen LogP contribution in [0.25, 0.3) is 11.3 Å². The zero-order valence-corrected chi connectivity index (χ0v) is 21.5. The number of hydrogen-bond donors (Lipinski definition) is 4. The number of halogens is 3. The average Bonchev–Trinajstić information content (AvgIpc) is 3.26. The maximum Gasteiger partial charge on any atom is 0.387 e. The maximum absolute atomic E-state index is 13.3. The first kappa shape index (κ1) is 27.5. The molecular formula is C24H32ClF2N7O2. The number of aliphatic imine (C=N–C) groups is 1. The maximum atomic E-state index is 13.3. The Morgan fingerprint density at radius 3 is 2.69 bits per heavy atom. The standard InChI is InChI=1S/C24H32ClF2N7O2/c1-13(28)20(22(30-3)31-4)23(35)32-18-12-34(16-7-5-6-15(11-16)29-2)33-21(18)17-10-14(25)8-9-19(17)36-24(26)27/h8-10,12,15-16,20,24,28-29H,5-7,11H2,1-4H3,(H,30,31)(H,32,35). The van der Waals surface area contributed by atoms with Crippen molar-refractivity contribution in [2.24, 2.45) is 10.9 Å². The second-order valence-electron chi connectivity index (χ2n) is 8.66. The molecule has 9 nitrogen and oxygen atoms in total. The van der Waals surface area contributed by atoms with E-state index in [4.69, 9.17) is 26.8 Å². The predicted octanol–water partition coefficient (Wildman–Crippen LogP) is 4.35. The van der Waals surface area contributed by atoms with Gasteiger partial charge in [-0.05, 0) is 57.9 Å². The van der Waals surface area contributed by atoms with Gasteiger partial charge in [-0.15, -0.1) is 0 Å². The molecule has 196 valence electrons. The molecule has 3 unspecified atom stereocenters. The van der Waals surface area contributed by atoms with Crippen LogP contribution in [0.15, 0.2) is 29.4 Å². The van der Waals surface area contributed by atoms with E-state index in [2.05, 4.69) is 20.9 Å². The van der Waals surface area contributed by atoms with Crippen LogP contribution in [0, 0.1) is 11.3 Å². The Labute approximate surface area is 214 Å². The van der Waals surface area contributed by atoms with Gasteiger partial charge in [-0.2, -0.15) is 13.9 Å². The molecule has 0 radical (unpaired) electrons. The molecule has 0 bridgehead atoms. The van der Waals surface area contributed by atoms with Crippen molar-refractivity contribution in [1.82, 2.24) is 20.4 Å². The summed E-state index contributed by atoms with van der Waals surface area (Å²) in [5.74, 6) is -1.26. The summed E-state index contributed by atoms with van der Waals surface area (Å²) in [6, 6.07) is 4.64. The van der Waals surface area contributed by atoms with Gasteiger partial charge in [-0.25, -0.2) is 0 Å². The first-order chi connectivity index (χ1) is 17.2. The van der Waals surface area contributed by atoms with E-state index in [1.165, 1.54) is 32.2 Å². The van der Waals surface area contributed by atoms with Crippen molar-refractivity contribution < 1.29 is 18.3 Å². The van der Waals surface area contributed by atoms with Crippen molar-refractivity contribution in [3.05, 3.63) is 29.4 Å². The highest BCUT2D eigenvalue weighted by Crippen LogP contribution is 2.39. The molecule has 3 rings (SSSR count). The van der Waals surface area contributed by atoms with E-state index >= 15 is 0 Å². The van der Waals surface area contributed by atoms with Gasteiger partial charge in [-0.1, -0.05) is 11.6 Å². The first-order valence-electron chi connectivity index (χ1n) is 11.7. The molecule has 36 heavy (non-hydrogen) atoms. The van der Waals surface area contributed by atoms with E-state index in [0.717, 1.165) is 25.7 Å². The lowest BCUT2D eigenvalue weighted by Gasteiger charge is -2.29. The van der Waals surface area contributed by atoms with Crippen LogP contribution in [0.1, 0.15) is 38.6 Å². The Kier molecular flexibility index (Phi) is 9.38. The largest absolute Gasteiger partial charge is 0.434 e. The molecule has 1 aliphatic carbocycles. The molecule has 12 heteroatoms. The highest BCUT2D eigenvalue weighted by atomic mass is 35.5. The summed E-state index contributed by atoms with van der Waals surface area (Å²) >= 11 is 6.20. The lowest BCUT2D eigenvalue weighted by molar-refractivity contribution is -0.116. The first-order valence-corrected chi connectivity index (χ1v) is 12.1. The topological polar surface area (TPSA) is 116 Å². The quantitative estimate of drug-likeness (QED) is 0.288. The molecular weight excluding hydrogens is 492 g/mol. The van der Waals surface area contributed by atoms with Gasteiger partial charge in [0.2, 0.25) is 5.91 Å². The Balaban J connectivity index is 2.09. The summed E-state index contributed by atoms with van der Waals surface area (Å²) in [4.78, 5) is 17.4. The number of carbonyl (C=O) groups is 1. The highest BCUT2D eigenvalue weighted by molar-refractivity contribution is 6.31. The van der Waals surface area contributed by atoms with Crippen molar-refractivity contribution in [3.63, 3.8) is 0 Å². The second-order valence-corrected chi connectivity index (χ2v) is 9.10. The minimum Gasteiger partial charge on any atom is -0.434 e. The summed E-state index contributed by atoms with van der Waals surface area (Å²) in [5.41, 5.74) is 0.851. The number of benzene rings is 1. The number of nitrogens with zero attached hydrogens (tertiary/aromatic N) is 3. The third kappa shape index (κ3) is 6.38. The van der Waals surface area contributed by atoms with Crippen molar-refractivity contribution in [1.29, 1.82) is 5.41 Å². The molecule has 1 aromatic carbocycles. The van der Waals surface area contributed by atoms with Crippen LogP contribution in [-0.2, 0) is 4.79 Å². The predicted molar refractivity (Wildman–Crippen MR) is 138 cm³/mol. The minimum absolute atomic E-state index is 0.0459. The third-order valence-electron chi connectivity index (χ3n) is 6.30. The minimum atomic E-state index is -3.05. The number of ether oxygens (including phenoxy) is 1. The lowest BCUT2D eigenvalue weighted by Crippen LogP contribution is -2.40. The van der Waals surface area contributed by atoms with Crippen molar-refractivity contribution >= 4 is 34.7 Å². The smallest absolute Gasteiger partial charge is 0.387 e. The van der Waals surface area contributed by atoms with Crippen LogP contribution in [0.4, 0.5) is 14.5 Å². The van der Waals surface area contributed by atoms with Crippen LogP contribution in [0.2, 0.25) is 5.02 Å². The molecule has 0 aliphatic heterocycles. The number of amidine groups is 1. The summed E-state index contributed by atoms with van der Waals surface area (Å²) in [7, 11) is 5.07. The average molecular weight is 524 g/mol. The fourth-order valence-corrected chi connectivity index (χ4v) is 4.71. The summed E-state index contributed by atoms with van der Waals surface area (Å²) in [6.45, 7) is -1.54. The van der Waals surface area contributed by atoms with Crippen LogP contribution >= 0.6 is 11.6 Å². The zero-order valence-electron chi connectivity index (χ0n) is 20.7. The van der Waals surface area contributed by atoms with Gasteiger partial charge in [0.15, 0.2) is 0 Å². The second kappa shape index (κ2) is 12.3. The fraction of sp³-hybridized carbons (Fsp3) is 0.500. The van der Waals surface area contributed by atoms with Crippen LogP contribution in [0.3, 0.4) is 0 Å². The molecule has 0 spiro atoms. The van der Waals surface area contributed by atoms with Crippen LogP contribution in [0.5, 0.6) is 5.75 Å². The molecule has 1 saturated carbocycles. The molecule has 1 amide bonds. The number of carbonyl (C=O) groups excluding carboxylic acids is 1. The summed E-state index contributed by atoms with van der Waals surface area (Å²) in [6.07, 6.45) is 5.46. The molecule has 0 saturated heterocycles. The Morgan fingerprint density at radius 2 is 2.08 bits per heavy atom. The van der Waals surface area contributed by atoms with Gasteiger partial charge in [0.25, 0.3) is 0 Å². The molecule has 1 fully saturated rings. The molecule has 1 aromatic heterocycles. The van der Waals surface area contributed by atoms with Gasteiger partial charge >= 0.3 is 6.61 Å². The van der Waals surface area contributed by atoms with Crippen LogP contribution in [-0.4, -0.2) is 61.0 Å². The van der Waals surface area contributed by atoms with Crippen molar-refractivity contribution in [2.75, 3.05) is 26.5 Å². The van der Waals surface area contributed by atoms with E-state index in [1.54, 1.807) is 17.9 Å². The monoisotopic (exact) mass is 523 g/mol. The Hall–Kier alpha value is -3.05. The Bertz CT molecular complexity index is 1120. The lowest BCUT2D eigenvalue weighted by atomic mass is 9.91. The highest BCUT2D eigenvalue weighted by Gasteiger charge is 2.30. The zero-order chi connectivity index (χ0) is 26.4. The molecule has 1 aliphatic rings. The van der Waals surface area contributed by atoms with Gasteiger partial charge in [0, 0.05) is 42.6 Å². The molecule has 1 heterocycles. The number of amides is 1. The van der Waals surface area contributed by atoms with E-state index in [-0.39, 0.29) is 28.8 Å². The number of aromatic nitrogens is 2. The van der Waals surface area contributed by atoms with Gasteiger partial charge in [0.05, 0.1) is 11.7 Å². The number of nitrogens with one attached hydrogen (secondary N) is 4. The number of rotatable bonds is 9. The SMILES string of the molecule is CN=C(NC)C(C(C)=N)C(=O)Nc1cn(C2CCCC(NC)C2)nc1-c1cc(Cl)ccc1OC(F)F. The number of hydrogen-bond acceptors (Lipinski definition) is 6. The molecule has 2 aromatic rings. The van der Waals surface area contributed by atoms with E-state index < -0.39 is 18.4 Å². The van der Waals surface area contributed by atoms with Gasteiger partial charge in [0.1, 0.15) is 23.2 Å². The van der Waals surface area contributed by atoms with Gasteiger partial charge < -0.3 is 26.1 Å². The fourth-order valence-electron chi connectivity index (χ4n) is 4.54. The van der Waals surface area contributed by atoms with E-state index in [0.29, 0.717) is 22.6 Å².